The number of aromatic nitrogens is 4. The fourth-order valence-corrected chi connectivity index (χ4v) is 10.3. The third kappa shape index (κ3) is 7.90. The van der Waals surface area contributed by atoms with Crippen LogP contribution < -0.4 is 20.7 Å². The van der Waals surface area contributed by atoms with Crippen molar-refractivity contribution >= 4 is 46.2 Å². The zero-order valence-corrected chi connectivity index (χ0v) is 34.8. The van der Waals surface area contributed by atoms with Gasteiger partial charge in [-0.3, -0.25) is 29.4 Å². The molecule has 10 rings (SSSR count). The smallest absolute Gasteiger partial charge is 0.262 e. The van der Waals surface area contributed by atoms with Crippen LogP contribution in [0.15, 0.2) is 79.1 Å². The zero-order valence-electron chi connectivity index (χ0n) is 34.8. The molecule has 7 heterocycles. The molecule has 2 atom stereocenters. The van der Waals surface area contributed by atoms with E-state index in [-0.39, 0.29) is 24.8 Å². The van der Waals surface area contributed by atoms with Gasteiger partial charge in [0.05, 0.1) is 22.6 Å². The Balaban J connectivity index is 0.710. The van der Waals surface area contributed by atoms with E-state index in [0.717, 1.165) is 122 Å². The fraction of sp³-hybridized carbons (Fsp3) is 0.426. The van der Waals surface area contributed by atoms with Crippen LogP contribution in [0.25, 0.3) is 22.3 Å². The number of benzene rings is 3. The van der Waals surface area contributed by atoms with Crippen molar-refractivity contribution in [1.29, 1.82) is 0 Å². The number of imide groups is 2. The minimum absolute atomic E-state index is 0.103. The largest absolute Gasteiger partial charge is 0.457 e. The van der Waals surface area contributed by atoms with E-state index >= 15 is 0 Å². The Morgan fingerprint density at radius 2 is 1.44 bits per heavy atom. The van der Waals surface area contributed by atoms with Crippen LogP contribution in [0.2, 0.25) is 0 Å². The summed E-state index contributed by atoms with van der Waals surface area (Å²) >= 11 is 0. The molecule has 4 saturated heterocycles. The van der Waals surface area contributed by atoms with Crippen molar-refractivity contribution in [3.63, 3.8) is 0 Å². The molecule has 0 spiro atoms. The number of nitrogens with one attached hydrogen (secondary N) is 1. The number of nitrogens with two attached hydrogens (primary N) is 1. The number of anilines is 2. The number of piperidine rings is 4. The lowest BCUT2D eigenvalue weighted by molar-refractivity contribution is -0.136. The normalized spacial score (nSPS) is 22.1. The molecular formula is C47H52N10O5. The number of nitrogen functional groups attached to an aromatic ring is 1. The summed E-state index contributed by atoms with van der Waals surface area (Å²) in [6, 6.07) is 22.4. The molecule has 5 aliphatic rings. The maximum absolute atomic E-state index is 13.4. The summed E-state index contributed by atoms with van der Waals surface area (Å²) < 4.78 is 8.13. The molecule has 2 aromatic heterocycles. The second-order valence-electron chi connectivity index (χ2n) is 17.6. The van der Waals surface area contributed by atoms with E-state index in [0.29, 0.717) is 28.8 Å². The van der Waals surface area contributed by atoms with Gasteiger partial charge in [-0.15, -0.1) is 0 Å². The Bertz CT molecular complexity index is 2490. The Labute approximate surface area is 360 Å². The molecule has 320 valence electrons. The van der Waals surface area contributed by atoms with Gasteiger partial charge in [0.15, 0.2) is 5.65 Å². The number of hydrogen-bond acceptors (Lipinski definition) is 12. The van der Waals surface area contributed by atoms with Gasteiger partial charge in [-0.2, -0.15) is 5.10 Å². The molecule has 15 heteroatoms. The van der Waals surface area contributed by atoms with E-state index in [1.165, 1.54) is 19.2 Å². The van der Waals surface area contributed by atoms with Gasteiger partial charge >= 0.3 is 0 Å². The van der Waals surface area contributed by atoms with Gasteiger partial charge in [0.25, 0.3) is 11.8 Å². The van der Waals surface area contributed by atoms with Crippen LogP contribution >= 0.6 is 0 Å². The third-order valence-corrected chi connectivity index (χ3v) is 13.6. The van der Waals surface area contributed by atoms with Crippen LogP contribution in [-0.2, 0) is 9.59 Å². The Kier molecular flexibility index (Phi) is 10.9. The molecule has 0 radical (unpaired) electrons. The molecule has 0 bridgehead atoms. The van der Waals surface area contributed by atoms with Gasteiger partial charge in [-0.25, -0.2) is 14.6 Å². The summed E-state index contributed by atoms with van der Waals surface area (Å²) in [5, 5.41) is 8.23. The second-order valence-corrected chi connectivity index (χ2v) is 17.6. The molecule has 4 fully saturated rings. The highest BCUT2D eigenvalue weighted by molar-refractivity contribution is 6.23. The summed E-state index contributed by atoms with van der Waals surface area (Å²) in [5.74, 6) is 1.33. The Hall–Kier alpha value is -6.19. The molecule has 0 aliphatic carbocycles. The predicted octanol–water partition coefficient (Wildman–Crippen LogP) is 5.53. The van der Waals surface area contributed by atoms with Crippen molar-refractivity contribution in [2.75, 3.05) is 63.0 Å². The van der Waals surface area contributed by atoms with Gasteiger partial charge in [0.1, 0.15) is 35.4 Å². The maximum Gasteiger partial charge on any atom is 0.262 e. The minimum atomic E-state index is -0.959. The number of carbonyl (C=O) groups is 4. The van der Waals surface area contributed by atoms with Crippen molar-refractivity contribution in [3.05, 3.63) is 90.3 Å². The molecule has 5 aliphatic heterocycles. The van der Waals surface area contributed by atoms with Gasteiger partial charge in [-0.1, -0.05) is 18.2 Å². The first-order valence-corrected chi connectivity index (χ1v) is 22.1. The van der Waals surface area contributed by atoms with Crippen LogP contribution in [0, 0.1) is 11.8 Å². The molecule has 3 aromatic carbocycles. The Morgan fingerprint density at radius 1 is 0.726 bits per heavy atom. The van der Waals surface area contributed by atoms with Crippen LogP contribution in [-0.4, -0.2) is 116 Å². The molecule has 0 saturated carbocycles. The highest BCUT2D eigenvalue weighted by Gasteiger charge is 2.45. The van der Waals surface area contributed by atoms with E-state index in [2.05, 4.69) is 29.7 Å². The zero-order chi connectivity index (χ0) is 42.3. The van der Waals surface area contributed by atoms with E-state index in [1.54, 1.807) is 12.1 Å². The lowest BCUT2D eigenvalue weighted by Gasteiger charge is -2.40. The van der Waals surface area contributed by atoms with Crippen LogP contribution in [0.4, 0.5) is 11.5 Å². The fourth-order valence-electron chi connectivity index (χ4n) is 10.3. The highest BCUT2D eigenvalue weighted by atomic mass is 16.5. The topological polar surface area (TPSA) is 172 Å². The predicted molar refractivity (Wildman–Crippen MR) is 234 cm³/mol. The van der Waals surface area contributed by atoms with E-state index in [1.807, 2.05) is 60.7 Å². The average molecular weight is 837 g/mol. The number of amides is 4. The first kappa shape index (κ1) is 39.9. The third-order valence-electron chi connectivity index (χ3n) is 13.6. The Morgan fingerprint density at radius 3 is 2.19 bits per heavy atom. The number of rotatable bonds is 10. The van der Waals surface area contributed by atoms with Crippen molar-refractivity contribution in [2.24, 2.45) is 11.8 Å². The van der Waals surface area contributed by atoms with Crippen molar-refractivity contribution in [3.8, 4) is 22.8 Å². The quantitative estimate of drug-likeness (QED) is 0.169. The number of nitrogens with zero attached hydrogens (tertiary/aromatic N) is 8. The molecule has 2 unspecified atom stereocenters. The summed E-state index contributed by atoms with van der Waals surface area (Å²) in [5.41, 5.74) is 10.6. The lowest BCUT2D eigenvalue weighted by Crippen LogP contribution is -2.54. The van der Waals surface area contributed by atoms with Crippen molar-refractivity contribution < 1.29 is 23.9 Å². The van der Waals surface area contributed by atoms with Crippen LogP contribution in [0.5, 0.6) is 11.5 Å². The minimum Gasteiger partial charge on any atom is -0.457 e. The maximum atomic E-state index is 13.4. The van der Waals surface area contributed by atoms with E-state index < -0.39 is 23.8 Å². The second kappa shape index (κ2) is 16.9. The summed E-state index contributed by atoms with van der Waals surface area (Å²) in [6.07, 6.45) is 8.45. The molecule has 4 amide bonds. The molecule has 62 heavy (non-hydrogen) atoms. The van der Waals surface area contributed by atoms with Gasteiger partial charge < -0.3 is 25.2 Å². The molecule has 15 nitrogen and oxygen atoms in total. The molecule has 3 N–H and O–H groups in total. The first-order chi connectivity index (χ1) is 30.3. The van der Waals surface area contributed by atoms with Crippen LogP contribution in [0.3, 0.4) is 0 Å². The number of para-hydroxylation sites is 1. The first-order valence-electron chi connectivity index (χ1n) is 22.1. The molecular weight excluding hydrogens is 785 g/mol. The lowest BCUT2D eigenvalue weighted by atomic mass is 9.91. The number of ether oxygens (including phenoxy) is 1. The summed E-state index contributed by atoms with van der Waals surface area (Å²) in [7, 11) is 0. The summed E-state index contributed by atoms with van der Waals surface area (Å²) in [6.45, 7) is 8.22. The number of hydrogen-bond donors (Lipinski definition) is 2. The highest BCUT2D eigenvalue weighted by Crippen LogP contribution is 2.36. The SMILES string of the molecule is Nc1ncnc2c1c(-c1ccc(Oc3ccccc3)cc1)nn2C1CCCN(CC2CCN(CC3CCN(c4ccc5c(c4)C(=O)N(C4CCC(=O)NC4=O)C5=O)CC3)CC2)C1. The van der Waals surface area contributed by atoms with Crippen molar-refractivity contribution in [2.45, 2.75) is 63.5 Å². The number of likely N-dealkylation sites (tertiary alicyclic amines) is 2. The summed E-state index contributed by atoms with van der Waals surface area (Å²) in [4.78, 5) is 68.4. The van der Waals surface area contributed by atoms with Crippen LogP contribution in [0.1, 0.15) is 78.1 Å². The van der Waals surface area contributed by atoms with Gasteiger partial charge in [0.2, 0.25) is 11.8 Å². The monoisotopic (exact) mass is 836 g/mol. The molecule has 5 aromatic rings. The van der Waals surface area contributed by atoms with Gasteiger partial charge in [-0.05, 0) is 131 Å². The van der Waals surface area contributed by atoms with Crippen molar-refractivity contribution in [1.82, 2.24) is 39.8 Å². The number of carbonyl (C=O) groups excluding carboxylic acids is 4. The van der Waals surface area contributed by atoms with E-state index in [4.69, 9.17) is 20.6 Å². The standard InChI is InChI=1S/C47H52N10O5/c48-43-41-42(32-8-11-36(12-9-32)62-35-6-2-1-3-7-35)52-57(44(41)50-29-49-43)34-5-4-20-54(28-34)27-30-16-21-53(22-17-30)26-31-18-23-55(24-19-31)33-10-13-37-38(25-33)47(61)56(46(37)60)39-14-15-40(58)51-45(39)59/h1-3,6-13,25,29-31,34,39H,4-5,14-24,26-28H2,(H2,48,49,50)(H,51,58,59). The number of fused-ring (bicyclic) bond motifs is 2. The average Bonchev–Trinajstić information content (AvgIpc) is 3.80. The van der Waals surface area contributed by atoms with E-state index in [9.17, 15) is 19.2 Å². The van der Waals surface area contributed by atoms with Gasteiger partial charge in [0, 0.05) is 50.4 Å².